The summed E-state index contributed by atoms with van der Waals surface area (Å²) in [6.45, 7) is 1.54. The monoisotopic (exact) mass is 209 g/mol. The van der Waals surface area contributed by atoms with E-state index in [4.69, 9.17) is 5.11 Å². The highest BCUT2D eigenvalue weighted by Gasteiger charge is 2.64. The Bertz CT molecular complexity index is 215. The van der Waals surface area contributed by atoms with Gasteiger partial charge in [0.2, 0.25) is 0 Å². The number of hydrogen-bond donors (Lipinski definition) is 2. The van der Waals surface area contributed by atoms with Gasteiger partial charge in [0.1, 0.15) is 0 Å². The predicted octanol–water partition coefficient (Wildman–Crippen LogP) is 1.78. The van der Waals surface area contributed by atoms with Gasteiger partial charge in [-0.1, -0.05) is 0 Å². The molecule has 2 bridgehead atoms. The molecule has 0 aromatic carbocycles. The SMILES string of the molecule is OCCCCCNC1C2C3CCC(C3)C12. The highest BCUT2D eigenvalue weighted by Crippen LogP contribution is 2.65. The van der Waals surface area contributed by atoms with Crippen LogP contribution in [-0.4, -0.2) is 24.3 Å². The van der Waals surface area contributed by atoms with Crippen LogP contribution in [0.2, 0.25) is 0 Å². The molecular weight excluding hydrogens is 186 g/mol. The lowest BCUT2D eigenvalue weighted by molar-refractivity contribution is 0.282. The summed E-state index contributed by atoms with van der Waals surface area (Å²) >= 11 is 0. The molecule has 0 amide bonds. The third-order valence-corrected chi connectivity index (χ3v) is 4.95. The number of nitrogens with one attached hydrogen (secondary N) is 1. The van der Waals surface area contributed by atoms with Crippen molar-refractivity contribution < 1.29 is 5.11 Å². The summed E-state index contributed by atoms with van der Waals surface area (Å²) in [5, 5.41) is 12.4. The normalized spacial score (nSPS) is 45.8. The fraction of sp³-hybridized carbons (Fsp3) is 1.00. The highest BCUT2D eigenvalue weighted by molar-refractivity contribution is 5.16. The standard InChI is InChI=1S/C13H23NO/c15-7-3-1-2-6-14-13-11-9-4-5-10(8-9)12(11)13/h9-15H,1-8H2. The second-order valence-electron chi connectivity index (χ2n) is 5.75. The van der Waals surface area contributed by atoms with Gasteiger partial charge in [-0.3, -0.25) is 0 Å². The molecule has 0 spiro atoms. The number of fused-ring (bicyclic) bond motifs is 5. The topological polar surface area (TPSA) is 32.3 Å². The van der Waals surface area contributed by atoms with Crippen molar-refractivity contribution in [2.24, 2.45) is 23.7 Å². The van der Waals surface area contributed by atoms with Crippen LogP contribution in [0.3, 0.4) is 0 Å². The average Bonchev–Trinajstić information content (AvgIpc) is 2.67. The fourth-order valence-corrected chi connectivity index (χ4v) is 4.28. The van der Waals surface area contributed by atoms with Crippen molar-refractivity contribution in [2.75, 3.05) is 13.2 Å². The molecule has 0 aromatic rings. The van der Waals surface area contributed by atoms with E-state index in [1.807, 2.05) is 0 Å². The van der Waals surface area contributed by atoms with Crippen molar-refractivity contribution in [3.63, 3.8) is 0 Å². The maximum absolute atomic E-state index is 8.68. The number of rotatable bonds is 6. The highest BCUT2D eigenvalue weighted by atomic mass is 16.2. The van der Waals surface area contributed by atoms with E-state index in [0.29, 0.717) is 6.61 Å². The molecule has 3 fully saturated rings. The summed E-state index contributed by atoms with van der Waals surface area (Å²) in [6, 6.07) is 0.894. The van der Waals surface area contributed by atoms with Crippen molar-refractivity contribution in [1.29, 1.82) is 0 Å². The molecule has 3 aliphatic carbocycles. The zero-order valence-electron chi connectivity index (χ0n) is 9.49. The maximum atomic E-state index is 8.68. The smallest absolute Gasteiger partial charge is 0.0431 e. The Kier molecular flexibility index (Phi) is 2.73. The van der Waals surface area contributed by atoms with Gasteiger partial charge in [0.15, 0.2) is 0 Å². The Morgan fingerprint density at radius 3 is 2.40 bits per heavy atom. The molecule has 15 heavy (non-hydrogen) atoms. The molecule has 3 rings (SSSR count). The molecule has 2 N–H and O–H groups in total. The van der Waals surface area contributed by atoms with E-state index in [1.54, 1.807) is 6.42 Å². The second-order valence-corrected chi connectivity index (χ2v) is 5.75. The number of unbranched alkanes of at least 4 members (excludes halogenated alkanes) is 2. The Balaban J connectivity index is 1.34. The minimum Gasteiger partial charge on any atom is -0.396 e. The molecule has 4 atom stereocenters. The van der Waals surface area contributed by atoms with Crippen molar-refractivity contribution in [3.05, 3.63) is 0 Å². The summed E-state index contributed by atoms with van der Waals surface area (Å²) in [5.41, 5.74) is 0. The van der Waals surface area contributed by atoms with Crippen LogP contribution in [0.4, 0.5) is 0 Å². The molecule has 4 unspecified atom stereocenters. The van der Waals surface area contributed by atoms with Gasteiger partial charge in [-0.2, -0.15) is 0 Å². The van der Waals surface area contributed by atoms with E-state index in [2.05, 4.69) is 5.32 Å². The summed E-state index contributed by atoms with van der Waals surface area (Å²) in [6.07, 6.45) is 8.00. The number of hydrogen-bond acceptors (Lipinski definition) is 2. The molecule has 86 valence electrons. The lowest BCUT2D eigenvalue weighted by atomic mass is 10.0. The van der Waals surface area contributed by atoms with Gasteiger partial charge in [-0.05, 0) is 68.7 Å². The lowest BCUT2D eigenvalue weighted by Gasteiger charge is -2.10. The predicted molar refractivity (Wildman–Crippen MR) is 60.5 cm³/mol. The van der Waals surface area contributed by atoms with E-state index in [0.717, 1.165) is 36.1 Å². The molecule has 2 heteroatoms. The van der Waals surface area contributed by atoms with Crippen LogP contribution in [0.25, 0.3) is 0 Å². The zero-order chi connectivity index (χ0) is 10.3. The van der Waals surface area contributed by atoms with Gasteiger partial charge in [0, 0.05) is 12.6 Å². The molecule has 0 aliphatic heterocycles. The minimum atomic E-state index is 0.360. The van der Waals surface area contributed by atoms with Gasteiger partial charge in [0.05, 0.1) is 0 Å². The Hall–Kier alpha value is -0.0800. The van der Waals surface area contributed by atoms with Crippen LogP contribution >= 0.6 is 0 Å². The third kappa shape index (κ3) is 1.72. The fourth-order valence-electron chi connectivity index (χ4n) is 4.28. The molecule has 0 radical (unpaired) electrons. The van der Waals surface area contributed by atoms with Gasteiger partial charge < -0.3 is 10.4 Å². The first kappa shape index (κ1) is 10.1. The van der Waals surface area contributed by atoms with Crippen LogP contribution in [0.5, 0.6) is 0 Å². The van der Waals surface area contributed by atoms with Crippen molar-refractivity contribution >= 4 is 0 Å². The molecule has 0 saturated heterocycles. The Morgan fingerprint density at radius 1 is 1.00 bits per heavy atom. The van der Waals surface area contributed by atoms with E-state index in [1.165, 1.54) is 32.2 Å². The van der Waals surface area contributed by atoms with Gasteiger partial charge >= 0.3 is 0 Å². The van der Waals surface area contributed by atoms with Crippen LogP contribution in [0.15, 0.2) is 0 Å². The summed E-state index contributed by atoms with van der Waals surface area (Å²) < 4.78 is 0. The quantitative estimate of drug-likeness (QED) is 0.654. The Morgan fingerprint density at radius 2 is 1.73 bits per heavy atom. The maximum Gasteiger partial charge on any atom is 0.0431 e. The van der Waals surface area contributed by atoms with Gasteiger partial charge in [-0.25, -0.2) is 0 Å². The van der Waals surface area contributed by atoms with Gasteiger partial charge in [-0.15, -0.1) is 0 Å². The second kappa shape index (κ2) is 4.06. The molecule has 3 saturated carbocycles. The van der Waals surface area contributed by atoms with Crippen LogP contribution < -0.4 is 5.32 Å². The van der Waals surface area contributed by atoms with Crippen LogP contribution in [0, 0.1) is 23.7 Å². The Labute approximate surface area is 92.4 Å². The first-order valence-electron chi connectivity index (χ1n) is 6.76. The molecule has 2 nitrogen and oxygen atoms in total. The van der Waals surface area contributed by atoms with Crippen molar-refractivity contribution in [1.82, 2.24) is 5.32 Å². The number of aliphatic hydroxyl groups is 1. The first-order valence-corrected chi connectivity index (χ1v) is 6.76. The summed E-state index contributed by atoms with van der Waals surface area (Å²) in [7, 11) is 0. The lowest BCUT2D eigenvalue weighted by Crippen LogP contribution is -2.24. The largest absolute Gasteiger partial charge is 0.396 e. The van der Waals surface area contributed by atoms with E-state index in [9.17, 15) is 0 Å². The zero-order valence-corrected chi connectivity index (χ0v) is 9.49. The molecule has 0 aromatic heterocycles. The van der Waals surface area contributed by atoms with Crippen molar-refractivity contribution in [3.8, 4) is 0 Å². The summed E-state index contributed by atoms with van der Waals surface area (Å²) in [5.74, 6) is 4.33. The minimum absolute atomic E-state index is 0.360. The molecule has 3 aliphatic rings. The molecular formula is C13H23NO. The first-order chi connectivity index (χ1) is 7.42. The third-order valence-electron chi connectivity index (χ3n) is 4.95. The van der Waals surface area contributed by atoms with Gasteiger partial charge in [0.25, 0.3) is 0 Å². The average molecular weight is 209 g/mol. The summed E-state index contributed by atoms with van der Waals surface area (Å²) in [4.78, 5) is 0. The van der Waals surface area contributed by atoms with E-state index in [-0.39, 0.29) is 0 Å². The van der Waals surface area contributed by atoms with Crippen LogP contribution in [0.1, 0.15) is 38.5 Å². The van der Waals surface area contributed by atoms with Crippen LogP contribution in [-0.2, 0) is 0 Å². The van der Waals surface area contributed by atoms with E-state index >= 15 is 0 Å². The van der Waals surface area contributed by atoms with Crippen molar-refractivity contribution in [2.45, 2.75) is 44.6 Å². The number of aliphatic hydroxyl groups excluding tert-OH is 1. The van der Waals surface area contributed by atoms with E-state index < -0.39 is 0 Å². The molecule has 0 heterocycles.